The summed E-state index contributed by atoms with van der Waals surface area (Å²) >= 11 is 0. The van der Waals surface area contributed by atoms with Gasteiger partial charge in [-0.2, -0.15) is 0 Å². The number of aliphatic hydroxyl groups excluding tert-OH is 1. The summed E-state index contributed by atoms with van der Waals surface area (Å²) in [5, 5.41) is 13.7. The molecule has 0 saturated heterocycles. The summed E-state index contributed by atoms with van der Waals surface area (Å²) in [5.74, 6) is -0.0252. The SMILES string of the molecule is N[C@@]12C=C[C@@H](O)CC1C(=O)c1c(OCc3ccccc3)noc1C2. The van der Waals surface area contributed by atoms with Gasteiger partial charge in [-0.25, -0.2) is 0 Å². The van der Waals surface area contributed by atoms with Crippen LogP contribution in [0.2, 0.25) is 0 Å². The first-order chi connectivity index (χ1) is 11.6. The summed E-state index contributed by atoms with van der Waals surface area (Å²) in [6.45, 7) is 0.300. The van der Waals surface area contributed by atoms with Gasteiger partial charge in [0.15, 0.2) is 11.5 Å². The molecule has 1 heterocycles. The van der Waals surface area contributed by atoms with E-state index in [1.807, 2.05) is 30.3 Å². The lowest BCUT2D eigenvalue weighted by Gasteiger charge is -2.40. The fraction of sp³-hybridized carbons (Fsp3) is 0.333. The summed E-state index contributed by atoms with van der Waals surface area (Å²) in [5.41, 5.74) is 6.86. The third-order valence-electron chi connectivity index (χ3n) is 4.73. The lowest BCUT2D eigenvalue weighted by Crippen LogP contribution is -2.56. The lowest BCUT2D eigenvalue weighted by molar-refractivity contribution is 0.0735. The highest BCUT2D eigenvalue weighted by molar-refractivity contribution is 6.03. The van der Waals surface area contributed by atoms with Gasteiger partial charge in [-0.1, -0.05) is 42.5 Å². The minimum Gasteiger partial charge on any atom is -0.470 e. The van der Waals surface area contributed by atoms with Gasteiger partial charge in [0.2, 0.25) is 0 Å². The fourth-order valence-corrected chi connectivity index (χ4v) is 3.43. The van der Waals surface area contributed by atoms with Crippen molar-refractivity contribution in [1.82, 2.24) is 5.16 Å². The van der Waals surface area contributed by atoms with Gasteiger partial charge in [-0.3, -0.25) is 4.79 Å². The Balaban J connectivity index is 1.62. The van der Waals surface area contributed by atoms with E-state index in [4.69, 9.17) is 15.0 Å². The van der Waals surface area contributed by atoms with E-state index >= 15 is 0 Å². The summed E-state index contributed by atoms with van der Waals surface area (Å²) in [7, 11) is 0. The van der Waals surface area contributed by atoms with Gasteiger partial charge < -0.3 is 20.1 Å². The highest BCUT2D eigenvalue weighted by Crippen LogP contribution is 2.41. The van der Waals surface area contributed by atoms with Crippen LogP contribution < -0.4 is 10.5 Å². The maximum atomic E-state index is 12.9. The number of hydrogen-bond donors (Lipinski definition) is 2. The molecular weight excluding hydrogens is 308 g/mol. The van der Waals surface area contributed by atoms with Crippen molar-refractivity contribution in [1.29, 1.82) is 0 Å². The molecule has 0 amide bonds. The van der Waals surface area contributed by atoms with Crippen molar-refractivity contribution >= 4 is 5.78 Å². The molecule has 6 heteroatoms. The monoisotopic (exact) mass is 326 g/mol. The molecule has 3 N–H and O–H groups in total. The molecule has 4 rings (SSSR count). The number of carbonyl (C=O) groups is 1. The Morgan fingerprint density at radius 2 is 2.17 bits per heavy atom. The quantitative estimate of drug-likeness (QED) is 0.832. The lowest BCUT2D eigenvalue weighted by atomic mass is 9.67. The van der Waals surface area contributed by atoms with Crippen molar-refractivity contribution in [3.63, 3.8) is 0 Å². The Labute approximate surface area is 138 Å². The first-order valence-corrected chi connectivity index (χ1v) is 7.92. The molecule has 0 radical (unpaired) electrons. The predicted octanol–water partition coefficient (Wildman–Crippen LogP) is 1.63. The van der Waals surface area contributed by atoms with Gasteiger partial charge >= 0.3 is 0 Å². The molecule has 0 saturated carbocycles. The van der Waals surface area contributed by atoms with Crippen LogP contribution in [0.25, 0.3) is 0 Å². The van der Waals surface area contributed by atoms with Crippen LogP contribution in [0, 0.1) is 5.92 Å². The number of rotatable bonds is 3. The average Bonchev–Trinajstić information content (AvgIpc) is 2.98. The van der Waals surface area contributed by atoms with E-state index in [0.29, 0.717) is 30.8 Å². The number of ether oxygens (including phenoxy) is 1. The van der Waals surface area contributed by atoms with Crippen LogP contribution in [0.1, 0.15) is 28.1 Å². The van der Waals surface area contributed by atoms with Crippen molar-refractivity contribution in [2.75, 3.05) is 0 Å². The van der Waals surface area contributed by atoms with Crippen LogP contribution in [0.4, 0.5) is 0 Å². The van der Waals surface area contributed by atoms with Crippen LogP contribution >= 0.6 is 0 Å². The molecule has 0 bridgehead atoms. The van der Waals surface area contributed by atoms with Crippen molar-refractivity contribution in [3.05, 3.63) is 59.4 Å². The number of ketones is 1. The first-order valence-electron chi connectivity index (χ1n) is 7.92. The molecule has 0 fully saturated rings. The van der Waals surface area contributed by atoms with E-state index in [2.05, 4.69) is 5.16 Å². The van der Waals surface area contributed by atoms with Crippen molar-refractivity contribution in [3.8, 4) is 5.88 Å². The number of hydrogen-bond acceptors (Lipinski definition) is 6. The largest absolute Gasteiger partial charge is 0.470 e. The number of nitrogens with two attached hydrogens (primary N) is 1. The number of aromatic nitrogens is 1. The van der Waals surface area contributed by atoms with Gasteiger partial charge in [0, 0.05) is 12.3 Å². The summed E-state index contributed by atoms with van der Waals surface area (Å²) in [4.78, 5) is 12.9. The second kappa shape index (κ2) is 5.58. The molecular formula is C18H18N2O4. The topological polar surface area (TPSA) is 98.6 Å². The standard InChI is InChI=1S/C18H18N2O4/c19-18-7-6-12(21)8-13(18)16(22)15-14(9-18)24-20-17(15)23-10-11-4-2-1-3-5-11/h1-7,12-13,21H,8-10,19H2/t12-,13?,18-/m1/s1. The molecule has 2 aromatic rings. The van der Waals surface area contributed by atoms with Crippen molar-refractivity contribution in [2.45, 2.75) is 31.1 Å². The Bertz CT molecular complexity index is 799. The van der Waals surface area contributed by atoms with E-state index in [9.17, 15) is 9.90 Å². The third kappa shape index (κ3) is 2.44. The van der Waals surface area contributed by atoms with Gasteiger partial charge in [0.1, 0.15) is 12.2 Å². The van der Waals surface area contributed by atoms with Crippen molar-refractivity contribution < 1.29 is 19.2 Å². The number of carbonyl (C=O) groups excluding carboxylic acids is 1. The third-order valence-corrected chi connectivity index (χ3v) is 4.73. The second-order valence-corrected chi connectivity index (χ2v) is 6.43. The first kappa shape index (κ1) is 15.1. The summed E-state index contributed by atoms with van der Waals surface area (Å²) in [6, 6.07) is 9.62. The van der Waals surface area contributed by atoms with Crippen LogP contribution in [0.3, 0.4) is 0 Å². The van der Waals surface area contributed by atoms with Gasteiger partial charge in [-0.05, 0) is 17.1 Å². The molecule has 1 aromatic carbocycles. The molecule has 0 spiro atoms. The summed E-state index contributed by atoms with van der Waals surface area (Å²) < 4.78 is 11.0. The molecule has 3 atom stereocenters. The Morgan fingerprint density at radius 1 is 1.38 bits per heavy atom. The highest BCUT2D eigenvalue weighted by atomic mass is 16.5. The van der Waals surface area contributed by atoms with Gasteiger partial charge in [0.05, 0.1) is 11.6 Å². The minimum atomic E-state index is -0.834. The Kier molecular flexibility index (Phi) is 3.51. The Morgan fingerprint density at radius 3 is 2.96 bits per heavy atom. The van der Waals surface area contributed by atoms with E-state index < -0.39 is 17.6 Å². The minimum absolute atomic E-state index is 0.175. The molecule has 24 heavy (non-hydrogen) atoms. The molecule has 6 nitrogen and oxygen atoms in total. The number of aliphatic hydroxyl groups is 1. The molecule has 0 aliphatic heterocycles. The smallest absolute Gasteiger partial charge is 0.265 e. The second-order valence-electron chi connectivity index (χ2n) is 6.43. The van der Waals surface area contributed by atoms with Gasteiger partial charge in [-0.15, -0.1) is 0 Å². The van der Waals surface area contributed by atoms with Crippen molar-refractivity contribution in [2.24, 2.45) is 11.7 Å². The number of Topliss-reactive ketones (excluding diaryl/α,β-unsaturated/α-hetero) is 1. The normalized spacial score (nSPS) is 28.3. The average molecular weight is 326 g/mol. The molecule has 2 aliphatic carbocycles. The Hall–Kier alpha value is -2.44. The predicted molar refractivity (Wildman–Crippen MR) is 85.5 cm³/mol. The van der Waals surface area contributed by atoms with E-state index in [1.54, 1.807) is 12.2 Å². The van der Waals surface area contributed by atoms with Crippen LogP contribution in [0.5, 0.6) is 5.88 Å². The van der Waals surface area contributed by atoms with E-state index in [1.165, 1.54) is 0 Å². The highest BCUT2D eigenvalue weighted by Gasteiger charge is 2.49. The number of benzene rings is 1. The number of fused-ring (bicyclic) bond motifs is 2. The zero-order valence-corrected chi connectivity index (χ0v) is 13.0. The molecule has 2 aliphatic rings. The summed E-state index contributed by atoms with van der Waals surface area (Å²) in [6.07, 6.45) is 3.35. The molecule has 1 aromatic heterocycles. The van der Waals surface area contributed by atoms with Crippen LogP contribution in [-0.4, -0.2) is 27.7 Å². The van der Waals surface area contributed by atoms with E-state index in [-0.39, 0.29) is 11.7 Å². The maximum Gasteiger partial charge on any atom is 0.265 e. The van der Waals surface area contributed by atoms with Crippen LogP contribution in [-0.2, 0) is 13.0 Å². The zero-order chi connectivity index (χ0) is 16.7. The van der Waals surface area contributed by atoms with E-state index in [0.717, 1.165) is 5.56 Å². The van der Waals surface area contributed by atoms with Crippen LogP contribution in [0.15, 0.2) is 47.0 Å². The maximum absolute atomic E-state index is 12.9. The molecule has 1 unspecified atom stereocenters. The zero-order valence-electron chi connectivity index (χ0n) is 13.0. The fourth-order valence-electron chi connectivity index (χ4n) is 3.43. The number of nitrogens with zero attached hydrogens (tertiary/aromatic N) is 1. The molecule has 124 valence electrons. The van der Waals surface area contributed by atoms with Gasteiger partial charge in [0.25, 0.3) is 5.88 Å².